The lowest BCUT2D eigenvalue weighted by Crippen LogP contribution is -2.45. The Balaban J connectivity index is 1.54. The molecule has 5 nitrogen and oxygen atoms in total. The minimum atomic E-state index is -0.552. The first kappa shape index (κ1) is 12.3. The van der Waals surface area contributed by atoms with Crippen molar-refractivity contribution >= 4 is 5.91 Å². The van der Waals surface area contributed by atoms with Gasteiger partial charge in [0.25, 0.3) is 5.91 Å². The quantitative estimate of drug-likeness (QED) is 0.835. The summed E-state index contributed by atoms with van der Waals surface area (Å²) in [4.78, 5) is 12.0. The lowest BCUT2D eigenvalue weighted by Gasteiger charge is -2.25. The number of hydrogen-bond acceptors (Lipinski definition) is 4. The minimum Gasteiger partial charge on any atom is -0.485 e. The lowest BCUT2D eigenvalue weighted by atomic mass is 10.1. The SMILES string of the molecule is O=C(NC[C@H]1CCNC1)[C@@H]1COc2ccccc2O1. The lowest BCUT2D eigenvalue weighted by molar-refractivity contribution is -0.130. The number of para-hydroxylation sites is 2. The van der Waals surface area contributed by atoms with Gasteiger partial charge in [0.15, 0.2) is 11.5 Å². The maximum absolute atomic E-state index is 12.0. The van der Waals surface area contributed by atoms with Crippen molar-refractivity contribution < 1.29 is 14.3 Å². The Morgan fingerprint density at radius 2 is 2.21 bits per heavy atom. The molecule has 1 aromatic carbocycles. The molecule has 102 valence electrons. The third-order valence-electron chi connectivity index (χ3n) is 3.53. The number of carbonyl (C=O) groups excluding carboxylic acids is 1. The van der Waals surface area contributed by atoms with Crippen molar-refractivity contribution in [2.24, 2.45) is 5.92 Å². The van der Waals surface area contributed by atoms with Crippen molar-refractivity contribution in [2.45, 2.75) is 12.5 Å². The van der Waals surface area contributed by atoms with Crippen LogP contribution in [-0.2, 0) is 4.79 Å². The highest BCUT2D eigenvalue weighted by Gasteiger charge is 2.27. The van der Waals surface area contributed by atoms with Gasteiger partial charge in [0, 0.05) is 6.54 Å². The molecule has 2 N–H and O–H groups in total. The Labute approximate surface area is 112 Å². The Kier molecular flexibility index (Phi) is 3.55. The van der Waals surface area contributed by atoms with Gasteiger partial charge in [0.1, 0.15) is 6.61 Å². The van der Waals surface area contributed by atoms with E-state index in [1.54, 1.807) is 0 Å². The van der Waals surface area contributed by atoms with Gasteiger partial charge in [-0.05, 0) is 37.6 Å². The van der Waals surface area contributed by atoms with Gasteiger partial charge in [0.2, 0.25) is 6.10 Å². The van der Waals surface area contributed by atoms with Crippen molar-refractivity contribution in [1.29, 1.82) is 0 Å². The molecule has 0 aromatic heterocycles. The maximum Gasteiger partial charge on any atom is 0.264 e. The van der Waals surface area contributed by atoms with Crippen molar-refractivity contribution in [3.63, 3.8) is 0 Å². The van der Waals surface area contributed by atoms with Gasteiger partial charge < -0.3 is 20.1 Å². The van der Waals surface area contributed by atoms with E-state index < -0.39 is 6.10 Å². The fraction of sp³-hybridized carbons (Fsp3) is 0.500. The van der Waals surface area contributed by atoms with Gasteiger partial charge >= 0.3 is 0 Å². The van der Waals surface area contributed by atoms with E-state index >= 15 is 0 Å². The van der Waals surface area contributed by atoms with E-state index in [2.05, 4.69) is 10.6 Å². The van der Waals surface area contributed by atoms with Crippen LogP contribution in [0.3, 0.4) is 0 Å². The molecule has 5 heteroatoms. The molecular formula is C14H18N2O3. The largest absolute Gasteiger partial charge is 0.485 e. The first-order chi connectivity index (χ1) is 9.33. The van der Waals surface area contributed by atoms with E-state index in [0.717, 1.165) is 19.5 Å². The number of nitrogens with one attached hydrogen (secondary N) is 2. The predicted molar refractivity (Wildman–Crippen MR) is 70.3 cm³/mol. The fourth-order valence-corrected chi connectivity index (χ4v) is 2.40. The number of hydrogen-bond donors (Lipinski definition) is 2. The van der Waals surface area contributed by atoms with Crippen molar-refractivity contribution in [3.05, 3.63) is 24.3 Å². The third kappa shape index (κ3) is 2.81. The Morgan fingerprint density at radius 3 is 3.00 bits per heavy atom. The summed E-state index contributed by atoms with van der Waals surface area (Å²) in [6.07, 6.45) is 0.565. The second-order valence-electron chi connectivity index (χ2n) is 4.97. The monoisotopic (exact) mass is 262 g/mol. The first-order valence-corrected chi connectivity index (χ1v) is 6.70. The first-order valence-electron chi connectivity index (χ1n) is 6.70. The minimum absolute atomic E-state index is 0.0959. The summed E-state index contributed by atoms with van der Waals surface area (Å²) in [5.74, 6) is 1.77. The van der Waals surface area contributed by atoms with Crippen LogP contribution in [0, 0.1) is 5.92 Å². The van der Waals surface area contributed by atoms with Crippen molar-refractivity contribution in [1.82, 2.24) is 10.6 Å². The summed E-state index contributed by atoms with van der Waals surface area (Å²) in [6.45, 7) is 2.99. The van der Waals surface area contributed by atoms with E-state index in [0.29, 0.717) is 24.0 Å². The van der Waals surface area contributed by atoms with Gasteiger partial charge in [-0.25, -0.2) is 0 Å². The molecule has 0 spiro atoms. The molecular weight excluding hydrogens is 244 g/mol. The van der Waals surface area contributed by atoms with E-state index in [-0.39, 0.29) is 12.5 Å². The normalized spacial score (nSPS) is 25.1. The summed E-state index contributed by atoms with van der Waals surface area (Å²) in [5, 5.41) is 6.22. The zero-order valence-corrected chi connectivity index (χ0v) is 10.7. The standard InChI is InChI=1S/C14H18N2O3/c17-14(16-8-10-5-6-15-7-10)13-9-18-11-3-1-2-4-12(11)19-13/h1-4,10,13,15H,5-9H2,(H,16,17)/t10-,13-/m0/s1. The Morgan fingerprint density at radius 1 is 1.37 bits per heavy atom. The number of carbonyl (C=O) groups is 1. The zero-order valence-electron chi connectivity index (χ0n) is 10.7. The van der Waals surface area contributed by atoms with Gasteiger partial charge in [0.05, 0.1) is 0 Å². The van der Waals surface area contributed by atoms with Gasteiger partial charge in [-0.1, -0.05) is 12.1 Å². The molecule has 0 unspecified atom stereocenters. The van der Waals surface area contributed by atoms with Crippen LogP contribution in [0.1, 0.15) is 6.42 Å². The van der Waals surface area contributed by atoms with Crippen LogP contribution in [0.25, 0.3) is 0 Å². The molecule has 2 aliphatic heterocycles. The van der Waals surface area contributed by atoms with Crippen LogP contribution in [0.15, 0.2) is 24.3 Å². The summed E-state index contributed by atoms with van der Waals surface area (Å²) < 4.78 is 11.2. The highest BCUT2D eigenvalue weighted by atomic mass is 16.6. The summed E-state index contributed by atoms with van der Waals surface area (Å²) in [6, 6.07) is 7.41. The second kappa shape index (κ2) is 5.48. The van der Waals surface area contributed by atoms with E-state index in [1.807, 2.05) is 24.3 Å². The molecule has 2 atom stereocenters. The molecule has 0 radical (unpaired) electrons. The smallest absolute Gasteiger partial charge is 0.264 e. The van der Waals surface area contributed by atoms with Gasteiger partial charge in [-0.2, -0.15) is 0 Å². The predicted octanol–water partition coefficient (Wildman–Crippen LogP) is 0.552. The molecule has 3 rings (SSSR count). The average molecular weight is 262 g/mol. The molecule has 0 saturated carbocycles. The summed E-state index contributed by atoms with van der Waals surface area (Å²) in [5.41, 5.74) is 0. The summed E-state index contributed by atoms with van der Waals surface area (Å²) >= 11 is 0. The molecule has 1 saturated heterocycles. The maximum atomic E-state index is 12.0. The van der Waals surface area contributed by atoms with Crippen LogP contribution in [0.5, 0.6) is 11.5 Å². The molecule has 0 aliphatic carbocycles. The second-order valence-corrected chi connectivity index (χ2v) is 4.97. The van der Waals surface area contributed by atoms with Crippen LogP contribution in [0.4, 0.5) is 0 Å². The summed E-state index contributed by atoms with van der Waals surface area (Å²) in [7, 11) is 0. The molecule has 2 aliphatic rings. The molecule has 1 aromatic rings. The highest BCUT2D eigenvalue weighted by molar-refractivity contribution is 5.81. The molecule has 19 heavy (non-hydrogen) atoms. The zero-order chi connectivity index (χ0) is 13.1. The Hall–Kier alpha value is -1.75. The Bertz CT molecular complexity index is 458. The average Bonchev–Trinajstić information content (AvgIpc) is 2.97. The van der Waals surface area contributed by atoms with Crippen LogP contribution >= 0.6 is 0 Å². The molecule has 1 fully saturated rings. The fourth-order valence-electron chi connectivity index (χ4n) is 2.40. The van der Waals surface area contributed by atoms with Gasteiger partial charge in [-0.15, -0.1) is 0 Å². The van der Waals surface area contributed by atoms with Gasteiger partial charge in [-0.3, -0.25) is 4.79 Å². The number of fused-ring (bicyclic) bond motifs is 1. The third-order valence-corrected chi connectivity index (χ3v) is 3.53. The molecule has 2 heterocycles. The molecule has 1 amide bonds. The van der Waals surface area contributed by atoms with E-state index in [1.165, 1.54) is 0 Å². The molecule has 0 bridgehead atoms. The van der Waals surface area contributed by atoms with E-state index in [4.69, 9.17) is 9.47 Å². The number of rotatable bonds is 3. The number of benzene rings is 1. The van der Waals surface area contributed by atoms with Crippen LogP contribution in [-0.4, -0.2) is 38.3 Å². The highest BCUT2D eigenvalue weighted by Crippen LogP contribution is 2.30. The van der Waals surface area contributed by atoms with Crippen LogP contribution < -0.4 is 20.1 Å². The van der Waals surface area contributed by atoms with Crippen LogP contribution in [0.2, 0.25) is 0 Å². The van der Waals surface area contributed by atoms with E-state index in [9.17, 15) is 4.79 Å². The number of ether oxygens (including phenoxy) is 2. The topological polar surface area (TPSA) is 59.6 Å². The van der Waals surface area contributed by atoms with Crippen molar-refractivity contribution in [2.75, 3.05) is 26.2 Å². The number of amides is 1. The van der Waals surface area contributed by atoms with Crippen molar-refractivity contribution in [3.8, 4) is 11.5 Å².